The second-order valence-electron chi connectivity index (χ2n) is 12.2. The van der Waals surface area contributed by atoms with Gasteiger partial charge in [-0.15, -0.1) is 0 Å². The van der Waals surface area contributed by atoms with E-state index in [9.17, 15) is 19.2 Å². The number of carbonyl (C=O) groups excluding carboxylic acids is 4. The van der Waals surface area contributed by atoms with E-state index in [0.717, 1.165) is 47.5 Å². The van der Waals surface area contributed by atoms with Gasteiger partial charge < -0.3 is 28.4 Å². The lowest BCUT2D eigenvalue weighted by Crippen LogP contribution is -2.59. The van der Waals surface area contributed by atoms with Crippen molar-refractivity contribution in [1.82, 2.24) is 0 Å². The number of esters is 4. The molecule has 11 heteroatoms. The van der Waals surface area contributed by atoms with Crippen molar-refractivity contribution in [2.75, 3.05) is 6.61 Å². The summed E-state index contributed by atoms with van der Waals surface area (Å²) in [5.74, 6) is 0.678. The topological polar surface area (TPSA) is 124 Å². The molecule has 0 radical (unpaired) electrons. The van der Waals surface area contributed by atoms with Crippen LogP contribution >= 0.6 is 11.6 Å². The molecule has 0 aromatic heterocycles. The molecular formula is C34H39ClO10. The zero-order chi connectivity index (χ0) is 32.4. The summed E-state index contributed by atoms with van der Waals surface area (Å²) in [7, 11) is 0. The molecule has 45 heavy (non-hydrogen) atoms. The molecule has 0 N–H and O–H groups in total. The average Bonchev–Trinajstić information content (AvgIpc) is 3.34. The molecule has 7 atom stereocenters. The number of ether oxygens (including phenoxy) is 6. The number of carbonyl (C=O) groups is 4. The Morgan fingerprint density at radius 3 is 2.00 bits per heavy atom. The van der Waals surface area contributed by atoms with Crippen molar-refractivity contribution in [1.29, 1.82) is 0 Å². The number of hydrogen-bond donors (Lipinski definition) is 0. The van der Waals surface area contributed by atoms with Gasteiger partial charge in [-0.3, -0.25) is 19.2 Å². The predicted octanol–water partition coefficient (Wildman–Crippen LogP) is 5.15. The number of fused-ring (bicyclic) bond motifs is 1. The van der Waals surface area contributed by atoms with Crippen molar-refractivity contribution in [3.8, 4) is 5.75 Å². The minimum atomic E-state index is -1.25. The fourth-order valence-electron chi connectivity index (χ4n) is 6.72. The second-order valence-corrected chi connectivity index (χ2v) is 12.6. The van der Waals surface area contributed by atoms with E-state index >= 15 is 0 Å². The van der Waals surface area contributed by atoms with Crippen LogP contribution in [-0.4, -0.2) is 61.0 Å². The normalized spacial score (nSPS) is 30.0. The van der Waals surface area contributed by atoms with Gasteiger partial charge in [0.15, 0.2) is 18.3 Å². The van der Waals surface area contributed by atoms with Gasteiger partial charge in [0.1, 0.15) is 24.6 Å². The average molecular weight is 643 g/mol. The number of benzene rings is 2. The Labute approximate surface area is 267 Å². The molecule has 242 valence electrons. The first-order valence-electron chi connectivity index (χ1n) is 15.2. The summed E-state index contributed by atoms with van der Waals surface area (Å²) in [6, 6.07) is 13.2. The van der Waals surface area contributed by atoms with E-state index in [4.69, 9.17) is 40.0 Å². The summed E-state index contributed by atoms with van der Waals surface area (Å²) < 4.78 is 34.4. The van der Waals surface area contributed by atoms with Gasteiger partial charge in [0, 0.05) is 32.7 Å². The van der Waals surface area contributed by atoms with Crippen LogP contribution < -0.4 is 4.74 Å². The summed E-state index contributed by atoms with van der Waals surface area (Å²) in [6.45, 7) is 6.83. The van der Waals surface area contributed by atoms with Crippen LogP contribution in [-0.2, 0) is 49.3 Å². The molecule has 10 nitrogen and oxygen atoms in total. The Hall–Kier alpha value is -3.63. The molecule has 1 heterocycles. The fraction of sp³-hybridized carbons (Fsp3) is 0.529. The summed E-state index contributed by atoms with van der Waals surface area (Å²) in [6.07, 6.45) is -2.70. The zero-order valence-electron chi connectivity index (χ0n) is 26.0. The molecule has 2 aromatic carbocycles. The molecule has 3 aliphatic rings. The van der Waals surface area contributed by atoms with Crippen LogP contribution in [0, 0.1) is 17.8 Å². The first kappa shape index (κ1) is 32.8. The largest absolute Gasteiger partial charge is 0.490 e. The quantitative estimate of drug-likeness (QED) is 0.254. The van der Waals surface area contributed by atoms with E-state index < -0.39 is 54.4 Å². The molecule has 0 spiro atoms. The molecule has 1 aliphatic heterocycles. The monoisotopic (exact) mass is 642 g/mol. The van der Waals surface area contributed by atoms with Gasteiger partial charge in [-0.2, -0.15) is 0 Å². The van der Waals surface area contributed by atoms with Crippen LogP contribution in [0.25, 0.3) is 0 Å². The lowest BCUT2D eigenvalue weighted by atomic mass is 9.89. The van der Waals surface area contributed by atoms with Gasteiger partial charge >= 0.3 is 23.9 Å². The van der Waals surface area contributed by atoms with Crippen molar-refractivity contribution in [2.45, 2.75) is 90.5 Å². The Morgan fingerprint density at radius 2 is 1.40 bits per heavy atom. The fourth-order valence-corrected chi connectivity index (χ4v) is 6.90. The minimum absolute atomic E-state index is 0.273. The third-order valence-corrected chi connectivity index (χ3v) is 9.21. The summed E-state index contributed by atoms with van der Waals surface area (Å²) in [4.78, 5) is 48.1. The third-order valence-electron chi connectivity index (χ3n) is 8.84. The van der Waals surface area contributed by atoms with Crippen molar-refractivity contribution < 1.29 is 47.6 Å². The SMILES string of the molecule is CC(=O)OC[C@H]1O[C@@H](c2ccc(Cl)c(Cc3ccc(OC4CC5C(C)C5C4)cc3)c2)[C@H](OC(C)=O)[C@@H](OC(C)=O)[C@@H]1OC(C)=O. The third kappa shape index (κ3) is 7.97. The Morgan fingerprint density at radius 1 is 0.800 bits per heavy atom. The second kappa shape index (κ2) is 13.8. The van der Waals surface area contributed by atoms with E-state index in [1.54, 1.807) is 12.1 Å². The first-order valence-corrected chi connectivity index (χ1v) is 15.6. The zero-order valence-corrected chi connectivity index (χ0v) is 26.8. The highest BCUT2D eigenvalue weighted by Gasteiger charge is 2.54. The maximum atomic E-state index is 12.2. The highest BCUT2D eigenvalue weighted by molar-refractivity contribution is 6.31. The van der Waals surface area contributed by atoms with Crippen molar-refractivity contribution in [2.24, 2.45) is 17.8 Å². The summed E-state index contributed by atoms with van der Waals surface area (Å²) in [5.41, 5.74) is 2.35. The van der Waals surface area contributed by atoms with E-state index in [1.165, 1.54) is 27.7 Å². The number of rotatable bonds is 10. The molecule has 0 amide bonds. The van der Waals surface area contributed by atoms with Crippen LogP contribution in [0.3, 0.4) is 0 Å². The molecule has 2 unspecified atom stereocenters. The summed E-state index contributed by atoms with van der Waals surface area (Å²) in [5, 5.41) is 0.518. The van der Waals surface area contributed by atoms with Crippen LogP contribution in [0.1, 0.15) is 70.3 Å². The van der Waals surface area contributed by atoms with Gasteiger partial charge in [-0.25, -0.2) is 0 Å². The predicted molar refractivity (Wildman–Crippen MR) is 161 cm³/mol. The van der Waals surface area contributed by atoms with Crippen LogP contribution in [0.5, 0.6) is 5.75 Å². The minimum Gasteiger partial charge on any atom is -0.490 e. The molecular weight excluding hydrogens is 604 g/mol. The lowest BCUT2D eigenvalue weighted by Gasteiger charge is -2.44. The smallest absolute Gasteiger partial charge is 0.303 e. The van der Waals surface area contributed by atoms with Crippen LogP contribution in [0.15, 0.2) is 42.5 Å². The Kier molecular flexibility index (Phi) is 10.0. The standard InChI is InChI=1S/C34H39ClO10/c1-17-27-14-26(15-28(17)27)44-25-9-6-22(7-10-25)12-24-13-23(8-11-29(24)35)31-33(42-20(4)38)34(43-21(5)39)32(41-19(3)37)30(45-31)16-40-18(2)36/h6-11,13,17,26-28,30-34H,12,14-16H2,1-5H3/t17?,26?,27?,28?,30-,31+,32-,33+,34+/m1/s1. The van der Waals surface area contributed by atoms with E-state index in [2.05, 4.69) is 6.92 Å². The molecule has 0 bridgehead atoms. The molecule has 2 aliphatic carbocycles. The molecule has 3 fully saturated rings. The first-order chi connectivity index (χ1) is 21.4. The van der Waals surface area contributed by atoms with E-state index in [0.29, 0.717) is 17.0 Å². The highest BCUT2D eigenvalue weighted by atomic mass is 35.5. The Balaban J connectivity index is 1.39. The van der Waals surface area contributed by atoms with Gasteiger partial charge in [-0.1, -0.05) is 42.8 Å². The Bertz CT molecular complexity index is 1410. The van der Waals surface area contributed by atoms with Crippen molar-refractivity contribution in [3.63, 3.8) is 0 Å². The van der Waals surface area contributed by atoms with Gasteiger partial charge in [0.25, 0.3) is 0 Å². The maximum Gasteiger partial charge on any atom is 0.303 e. The molecule has 2 saturated carbocycles. The summed E-state index contributed by atoms with van der Waals surface area (Å²) >= 11 is 6.64. The van der Waals surface area contributed by atoms with Crippen molar-refractivity contribution >= 4 is 35.5 Å². The van der Waals surface area contributed by atoms with Crippen LogP contribution in [0.4, 0.5) is 0 Å². The highest BCUT2D eigenvalue weighted by Crippen LogP contribution is 2.57. The van der Waals surface area contributed by atoms with E-state index in [-0.39, 0.29) is 12.7 Å². The van der Waals surface area contributed by atoms with Gasteiger partial charge in [0.2, 0.25) is 0 Å². The maximum absolute atomic E-state index is 12.2. The molecule has 1 saturated heterocycles. The van der Waals surface area contributed by atoms with Crippen LogP contribution in [0.2, 0.25) is 5.02 Å². The lowest BCUT2D eigenvalue weighted by molar-refractivity contribution is -0.254. The van der Waals surface area contributed by atoms with E-state index in [1.807, 2.05) is 30.3 Å². The van der Waals surface area contributed by atoms with Gasteiger partial charge in [-0.05, 0) is 71.9 Å². The van der Waals surface area contributed by atoms with Crippen molar-refractivity contribution in [3.05, 3.63) is 64.2 Å². The number of halogens is 1. The molecule has 2 aromatic rings. The molecule has 5 rings (SSSR count). The number of hydrogen-bond acceptors (Lipinski definition) is 10. The van der Waals surface area contributed by atoms with Gasteiger partial charge in [0.05, 0.1) is 6.10 Å².